The van der Waals surface area contributed by atoms with Crippen molar-refractivity contribution in [2.75, 3.05) is 0 Å². The molecule has 0 aliphatic rings. The van der Waals surface area contributed by atoms with E-state index in [4.69, 9.17) is 10.2 Å². The molecular formula is C6H5NO5. The van der Waals surface area contributed by atoms with E-state index < -0.39 is 17.8 Å². The van der Waals surface area contributed by atoms with E-state index >= 15 is 0 Å². The van der Waals surface area contributed by atoms with E-state index in [2.05, 4.69) is 9.40 Å². The standard InChI is InChI=1S/C6H5NO5/c1-2-3(5(8)9)7-4(12-2)6(10)11/h1H3,(H,8,9)(H,10,11). The normalized spacial score (nSPS) is 9.75. The molecule has 0 aromatic carbocycles. The maximum absolute atomic E-state index is 10.3. The molecule has 0 atom stereocenters. The fourth-order valence-corrected chi connectivity index (χ4v) is 0.686. The second-order valence-corrected chi connectivity index (χ2v) is 2.03. The molecule has 64 valence electrons. The number of carbonyl (C=O) groups is 2. The molecule has 1 aromatic heterocycles. The first-order valence-corrected chi connectivity index (χ1v) is 2.96. The van der Waals surface area contributed by atoms with Crippen LogP contribution in [0.3, 0.4) is 0 Å². The van der Waals surface area contributed by atoms with Crippen molar-refractivity contribution in [3.8, 4) is 0 Å². The Morgan fingerprint density at radius 2 is 1.92 bits per heavy atom. The number of aromatic nitrogens is 1. The zero-order chi connectivity index (χ0) is 9.30. The summed E-state index contributed by atoms with van der Waals surface area (Å²) in [4.78, 5) is 23.8. The van der Waals surface area contributed by atoms with Gasteiger partial charge in [0.1, 0.15) is 5.76 Å². The predicted octanol–water partition coefficient (Wildman–Crippen LogP) is 0.379. The van der Waals surface area contributed by atoms with Crippen LogP contribution in [0.2, 0.25) is 0 Å². The molecule has 2 N–H and O–H groups in total. The van der Waals surface area contributed by atoms with Gasteiger partial charge in [0.25, 0.3) is 0 Å². The molecule has 0 amide bonds. The van der Waals surface area contributed by atoms with Gasteiger partial charge < -0.3 is 14.6 Å². The molecule has 6 nitrogen and oxygen atoms in total. The molecule has 12 heavy (non-hydrogen) atoms. The highest BCUT2D eigenvalue weighted by Crippen LogP contribution is 2.09. The minimum atomic E-state index is -1.38. The number of oxazole rings is 1. The summed E-state index contributed by atoms with van der Waals surface area (Å²) < 4.78 is 4.55. The van der Waals surface area contributed by atoms with Crippen molar-refractivity contribution in [3.63, 3.8) is 0 Å². The van der Waals surface area contributed by atoms with Crippen LogP contribution in [0, 0.1) is 6.92 Å². The third-order valence-electron chi connectivity index (χ3n) is 1.18. The third kappa shape index (κ3) is 1.26. The SMILES string of the molecule is Cc1oc(C(=O)O)nc1C(=O)O. The number of nitrogens with zero attached hydrogens (tertiary/aromatic N) is 1. The molecular weight excluding hydrogens is 166 g/mol. The highest BCUT2D eigenvalue weighted by Gasteiger charge is 2.19. The summed E-state index contributed by atoms with van der Waals surface area (Å²) in [6.07, 6.45) is 0. The fourth-order valence-electron chi connectivity index (χ4n) is 0.686. The molecule has 1 heterocycles. The van der Waals surface area contributed by atoms with Crippen LogP contribution in [-0.4, -0.2) is 27.1 Å². The third-order valence-corrected chi connectivity index (χ3v) is 1.18. The van der Waals surface area contributed by atoms with Gasteiger partial charge in [-0.05, 0) is 6.92 Å². The van der Waals surface area contributed by atoms with Crippen molar-refractivity contribution in [3.05, 3.63) is 17.3 Å². The molecule has 0 spiro atoms. The highest BCUT2D eigenvalue weighted by molar-refractivity contribution is 5.89. The minimum absolute atomic E-state index is 0.0140. The average molecular weight is 171 g/mol. The van der Waals surface area contributed by atoms with Crippen LogP contribution in [-0.2, 0) is 0 Å². The summed E-state index contributed by atoms with van der Waals surface area (Å²) in [5.41, 5.74) is -0.368. The largest absolute Gasteiger partial charge is 0.476 e. The van der Waals surface area contributed by atoms with Gasteiger partial charge in [0, 0.05) is 0 Å². The zero-order valence-corrected chi connectivity index (χ0v) is 6.07. The summed E-state index contributed by atoms with van der Waals surface area (Å²) >= 11 is 0. The Morgan fingerprint density at radius 1 is 1.33 bits per heavy atom. The van der Waals surface area contributed by atoms with Gasteiger partial charge in [0.05, 0.1) is 0 Å². The molecule has 0 aliphatic carbocycles. The topological polar surface area (TPSA) is 101 Å². The summed E-state index contributed by atoms with van der Waals surface area (Å²) in [6.45, 7) is 1.34. The average Bonchev–Trinajstić information content (AvgIpc) is 2.30. The van der Waals surface area contributed by atoms with Gasteiger partial charge >= 0.3 is 17.8 Å². The minimum Gasteiger partial charge on any atom is -0.476 e. The molecule has 0 unspecified atom stereocenters. The van der Waals surface area contributed by atoms with Crippen LogP contribution in [0.15, 0.2) is 4.42 Å². The van der Waals surface area contributed by atoms with Crippen LogP contribution in [0.25, 0.3) is 0 Å². The molecule has 6 heteroatoms. The van der Waals surface area contributed by atoms with Gasteiger partial charge in [-0.1, -0.05) is 0 Å². The fraction of sp³-hybridized carbons (Fsp3) is 0.167. The smallest absolute Gasteiger partial charge is 0.392 e. The van der Waals surface area contributed by atoms with Crippen LogP contribution in [0.1, 0.15) is 26.9 Å². The quantitative estimate of drug-likeness (QED) is 0.666. The van der Waals surface area contributed by atoms with E-state index in [0.29, 0.717) is 0 Å². The van der Waals surface area contributed by atoms with Gasteiger partial charge in [-0.2, -0.15) is 4.98 Å². The van der Waals surface area contributed by atoms with Crippen molar-refractivity contribution in [2.45, 2.75) is 6.92 Å². The number of carboxylic acids is 2. The second kappa shape index (κ2) is 2.65. The van der Waals surface area contributed by atoms with Crippen LogP contribution in [0.5, 0.6) is 0 Å². The van der Waals surface area contributed by atoms with Crippen molar-refractivity contribution >= 4 is 11.9 Å². The molecule has 1 rings (SSSR count). The van der Waals surface area contributed by atoms with Crippen LogP contribution < -0.4 is 0 Å². The number of aryl methyl sites for hydroxylation is 1. The molecule has 0 aliphatic heterocycles. The summed E-state index contributed by atoms with van der Waals surface area (Å²) in [6, 6.07) is 0. The maximum Gasteiger partial charge on any atom is 0.392 e. The number of hydrogen-bond acceptors (Lipinski definition) is 4. The lowest BCUT2D eigenvalue weighted by Gasteiger charge is -1.82. The van der Waals surface area contributed by atoms with E-state index in [1.54, 1.807) is 0 Å². The van der Waals surface area contributed by atoms with E-state index in [-0.39, 0.29) is 11.5 Å². The molecule has 0 radical (unpaired) electrons. The maximum atomic E-state index is 10.3. The second-order valence-electron chi connectivity index (χ2n) is 2.03. The molecule has 0 bridgehead atoms. The van der Waals surface area contributed by atoms with E-state index in [0.717, 1.165) is 0 Å². The van der Waals surface area contributed by atoms with Crippen LogP contribution in [0.4, 0.5) is 0 Å². The van der Waals surface area contributed by atoms with Crippen molar-refractivity contribution in [1.82, 2.24) is 4.98 Å². The number of carboxylic acid groups (broad SMARTS) is 2. The number of aromatic carboxylic acids is 2. The Bertz CT molecular complexity index is 340. The first kappa shape index (κ1) is 8.25. The van der Waals surface area contributed by atoms with E-state index in [9.17, 15) is 9.59 Å². The monoisotopic (exact) mass is 171 g/mol. The van der Waals surface area contributed by atoms with Gasteiger partial charge in [0.15, 0.2) is 5.69 Å². The lowest BCUT2D eigenvalue weighted by Crippen LogP contribution is -2.01. The predicted molar refractivity (Wildman–Crippen MR) is 35.2 cm³/mol. The van der Waals surface area contributed by atoms with E-state index in [1.807, 2.05) is 0 Å². The van der Waals surface area contributed by atoms with Gasteiger partial charge in [-0.3, -0.25) is 0 Å². The lowest BCUT2D eigenvalue weighted by atomic mass is 10.4. The zero-order valence-electron chi connectivity index (χ0n) is 6.07. The molecule has 0 saturated heterocycles. The highest BCUT2D eigenvalue weighted by atomic mass is 16.4. The lowest BCUT2D eigenvalue weighted by molar-refractivity contribution is 0.0651. The summed E-state index contributed by atoms with van der Waals surface area (Å²) in [7, 11) is 0. The summed E-state index contributed by atoms with van der Waals surface area (Å²) in [5, 5.41) is 16.8. The van der Waals surface area contributed by atoms with E-state index in [1.165, 1.54) is 6.92 Å². The van der Waals surface area contributed by atoms with Crippen molar-refractivity contribution < 1.29 is 24.2 Å². The first-order chi connectivity index (χ1) is 5.52. The van der Waals surface area contributed by atoms with Gasteiger partial charge in [-0.25, -0.2) is 9.59 Å². The Morgan fingerprint density at radius 3 is 2.17 bits per heavy atom. The van der Waals surface area contributed by atoms with Crippen molar-refractivity contribution in [2.24, 2.45) is 0 Å². The summed E-state index contributed by atoms with van der Waals surface area (Å²) in [5.74, 6) is -3.31. The first-order valence-electron chi connectivity index (χ1n) is 2.96. The Balaban J connectivity index is 3.17. The number of hydrogen-bond donors (Lipinski definition) is 2. The van der Waals surface area contributed by atoms with Gasteiger partial charge in [0.2, 0.25) is 0 Å². The molecule has 0 saturated carbocycles. The van der Waals surface area contributed by atoms with Gasteiger partial charge in [-0.15, -0.1) is 0 Å². The number of rotatable bonds is 2. The Labute approximate surface area is 66.5 Å². The Kier molecular flexibility index (Phi) is 1.82. The Hall–Kier alpha value is -1.85. The van der Waals surface area contributed by atoms with Crippen LogP contribution >= 0.6 is 0 Å². The van der Waals surface area contributed by atoms with Crippen molar-refractivity contribution in [1.29, 1.82) is 0 Å². The molecule has 0 fully saturated rings. The molecule has 1 aromatic rings.